The lowest BCUT2D eigenvalue weighted by molar-refractivity contribution is -0.143. The molecule has 34 nitrogen and oxygen atoms in total. The first-order valence-corrected chi connectivity index (χ1v) is 35.9. The molecule has 0 spiro atoms. The predicted molar refractivity (Wildman–Crippen MR) is 385 cm³/mol. The summed E-state index contributed by atoms with van der Waals surface area (Å²) in [6, 6.07) is 5.14. The van der Waals surface area contributed by atoms with Crippen LogP contribution in [0.5, 0.6) is 11.5 Å². The molecule has 9 amide bonds. The standard InChI is InChI=1S/C66H90N16O18S3/c1-36-17-20-40-49(29-36)100-50-31-38(82(2)3)19-22-41(50)57(40)39-21-18-37(30-42(39)63(96)97)72-54(86)35-101-34-48(64(98)99)78-60(93)45(15-8-11-27-69)75-62(95)47(33-56(89)90)77-59(92)44(14-7-10-26-68)74-61(94)46(32-55(87)88)76-58(91)43(13-6-9-25-67)73-52(84)16-5-4-12-28-71-51(83)23-24-53(85)79-65-80-81-66(102-65)103-70/h17-22,29-31,43-48H,1,4-16,23-28,32-35,67-70H2,2-3H3,(H,71,83)(H,72,86)(H,73,84)(H,74,94)(H,75,95)(H,76,91)(H,77,92)(H,78,93)(H,87,88)(H,89,90)(H,96,97)(H,98,99)(H,79,80,85)/t43-,44-,45-,46-,47-,48-/m0/s1. The molecule has 0 saturated heterocycles. The molecule has 0 radical (unpaired) electrons. The summed E-state index contributed by atoms with van der Waals surface area (Å²) >= 11 is 2.75. The number of nitrogens with two attached hydrogens (primary N) is 4. The Labute approximate surface area is 605 Å². The lowest BCUT2D eigenvalue weighted by Gasteiger charge is -2.27. The zero-order chi connectivity index (χ0) is 75.7. The maximum absolute atomic E-state index is 14.2. The molecule has 2 heterocycles. The van der Waals surface area contributed by atoms with E-state index in [-0.39, 0.29) is 112 Å². The number of carbonyl (C=O) groups is 13. The fourth-order valence-electron chi connectivity index (χ4n) is 10.5. The molecule has 560 valence electrons. The van der Waals surface area contributed by atoms with Crippen LogP contribution in [0.15, 0.2) is 58.9 Å². The quantitative estimate of drug-likeness (QED) is 0.0140. The summed E-state index contributed by atoms with van der Waals surface area (Å²) in [6.07, 6.45) is 0.156. The van der Waals surface area contributed by atoms with Crippen LogP contribution in [0.4, 0.5) is 16.5 Å². The van der Waals surface area contributed by atoms with Crippen LogP contribution < -0.4 is 90.3 Å². The highest BCUT2D eigenvalue weighted by molar-refractivity contribution is 8.00. The fraction of sp³-hybridized carbons (Fsp3) is 0.470. The van der Waals surface area contributed by atoms with E-state index >= 15 is 0 Å². The molecule has 1 aromatic heterocycles. The Morgan fingerprint density at radius 1 is 0.553 bits per heavy atom. The number of aliphatic carboxylic acids is 3. The van der Waals surface area contributed by atoms with Gasteiger partial charge in [0.05, 0.1) is 24.2 Å². The van der Waals surface area contributed by atoms with E-state index in [1.807, 2.05) is 37.2 Å². The van der Waals surface area contributed by atoms with E-state index in [1.165, 1.54) is 12.1 Å². The van der Waals surface area contributed by atoms with Gasteiger partial charge in [-0.1, -0.05) is 42.5 Å². The van der Waals surface area contributed by atoms with E-state index in [0.717, 1.165) is 40.7 Å². The molecule has 5 rings (SSSR count). The highest BCUT2D eigenvalue weighted by atomic mass is 32.2. The Morgan fingerprint density at radius 2 is 1.10 bits per heavy atom. The summed E-state index contributed by atoms with van der Waals surface area (Å²) in [4.78, 5) is 173. The van der Waals surface area contributed by atoms with Crippen molar-refractivity contribution in [3.63, 3.8) is 0 Å². The number of carbonyl (C=O) groups excluding carboxylic acids is 9. The van der Waals surface area contributed by atoms with Crippen molar-refractivity contribution in [2.75, 3.05) is 67.3 Å². The number of carboxylic acid groups (broad SMARTS) is 4. The molecule has 103 heavy (non-hydrogen) atoms. The second kappa shape index (κ2) is 43.2. The van der Waals surface area contributed by atoms with Crippen molar-refractivity contribution in [3.8, 4) is 11.5 Å². The molecule has 3 aromatic carbocycles. The zero-order valence-corrected chi connectivity index (χ0v) is 59.5. The highest BCUT2D eigenvalue weighted by Crippen LogP contribution is 2.39. The second-order valence-corrected chi connectivity index (χ2v) is 26.9. The second-order valence-electron chi connectivity index (χ2n) is 24.0. The molecule has 0 aliphatic carbocycles. The lowest BCUT2D eigenvalue weighted by Crippen LogP contribution is -2.60. The Kier molecular flexibility index (Phi) is 35.2. The third-order valence-corrected chi connectivity index (χ3v) is 18.2. The number of hydrogen-bond donors (Lipinski definition) is 17. The summed E-state index contributed by atoms with van der Waals surface area (Å²) in [5.41, 5.74) is 19.4. The summed E-state index contributed by atoms with van der Waals surface area (Å²) in [5, 5.41) is 77.4. The number of carboxylic acids is 4. The van der Waals surface area contributed by atoms with Gasteiger partial charge < -0.3 is 95.1 Å². The number of anilines is 3. The van der Waals surface area contributed by atoms with Crippen LogP contribution >= 0.6 is 35.0 Å². The lowest BCUT2D eigenvalue weighted by atomic mass is 9.89. The van der Waals surface area contributed by atoms with E-state index in [0.29, 0.717) is 81.5 Å². The normalized spacial score (nSPS) is 13.1. The number of hydrogen-bond acceptors (Lipinski definition) is 24. The molecule has 0 bridgehead atoms. The monoisotopic (exact) mass is 1490 g/mol. The van der Waals surface area contributed by atoms with Crippen molar-refractivity contribution in [2.24, 2.45) is 22.3 Å². The van der Waals surface area contributed by atoms with Crippen LogP contribution in [0.1, 0.15) is 131 Å². The summed E-state index contributed by atoms with van der Waals surface area (Å²) in [5.74, 6) is -13.5. The number of unbranched alkanes of at least 4 members (excludes halogenated alkanes) is 5. The van der Waals surface area contributed by atoms with Gasteiger partial charge in [0, 0.05) is 79.5 Å². The van der Waals surface area contributed by atoms with Crippen LogP contribution in [0, 0.1) is 0 Å². The van der Waals surface area contributed by atoms with Crippen molar-refractivity contribution >= 4 is 141 Å². The third-order valence-electron chi connectivity index (χ3n) is 15.7. The van der Waals surface area contributed by atoms with Crippen LogP contribution in [-0.4, -0.2) is 196 Å². The Balaban J connectivity index is 1.20. The van der Waals surface area contributed by atoms with E-state index in [2.05, 4.69) is 64.6 Å². The molecule has 4 aromatic rings. The molecule has 21 N–H and O–H groups in total. The van der Waals surface area contributed by atoms with E-state index in [9.17, 15) is 82.8 Å². The smallest absolute Gasteiger partial charge is 0.336 e. The Morgan fingerprint density at radius 3 is 1.63 bits per heavy atom. The van der Waals surface area contributed by atoms with Crippen LogP contribution in [0.3, 0.4) is 0 Å². The van der Waals surface area contributed by atoms with Gasteiger partial charge in [0.2, 0.25) is 58.3 Å². The summed E-state index contributed by atoms with van der Waals surface area (Å²) < 4.78 is 6.73. The van der Waals surface area contributed by atoms with Gasteiger partial charge in [-0.15, -0.1) is 22.0 Å². The number of nitrogens with one attached hydrogen (secondary N) is 9. The number of aromatic nitrogens is 2. The van der Waals surface area contributed by atoms with Gasteiger partial charge in [0.1, 0.15) is 47.8 Å². The Hall–Kier alpha value is -9.79. The Bertz CT molecular complexity index is 3810. The maximum atomic E-state index is 14.2. The average Bonchev–Trinajstić information content (AvgIpc) is 0.923. The SMILES string of the molecule is C=c1ccc2c(c1)Oc1cc(N(C)C)ccc1C=2c1ccc(NC(=O)CSC[C@H](NC(=O)[C@H](CCCCN)NC(=O)[C@H](CC(=O)O)NC(=O)[C@H](CCCCN)NC(=O)[C@H](CC(=O)O)NC(=O)[C@H](CCCCN)NC(=O)CCCCCNC(=O)CCC(=O)Nc2nnc(SN)s2)C(=O)O)cc1C(=O)O. The summed E-state index contributed by atoms with van der Waals surface area (Å²) in [6.45, 7) is 4.73. The first kappa shape index (κ1) is 83.9. The minimum atomic E-state index is -1.97. The molecule has 0 saturated carbocycles. The first-order chi connectivity index (χ1) is 49.1. The van der Waals surface area contributed by atoms with Gasteiger partial charge in [-0.2, -0.15) is 0 Å². The predicted octanol–water partition coefficient (Wildman–Crippen LogP) is 0.128. The van der Waals surface area contributed by atoms with E-state index in [1.54, 1.807) is 24.3 Å². The van der Waals surface area contributed by atoms with Crippen molar-refractivity contribution in [1.29, 1.82) is 0 Å². The topological polar surface area (TPSA) is 553 Å². The maximum Gasteiger partial charge on any atom is 0.336 e. The minimum absolute atomic E-state index is 0.0152. The van der Waals surface area contributed by atoms with Crippen LogP contribution in [0.25, 0.3) is 12.2 Å². The first-order valence-electron chi connectivity index (χ1n) is 33.1. The molecule has 37 heteroatoms. The number of fused-ring (bicyclic) bond motifs is 2. The minimum Gasteiger partial charge on any atom is -0.481 e. The van der Waals surface area contributed by atoms with Crippen molar-refractivity contribution in [3.05, 3.63) is 81.7 Å². The van der Waals surface area contributed by atoms with Crippen molar-refractivity contribution < 1.29 is 87.5 Å². The highest BCUT2D eigenvalue weighted by Gasteiger charge is 2.36. The number of ether oxygens (including phenoxy) is 1. The summed E-state index contributed by atoms with van der Waals surface area (Å²) in [7, 11) is 3.73. The number of amides is 9. The van der Waals surface area contributed by atoms with Gasteiger partial charge in [0.25, 0.3) is 0 Å². The van der Waals surface area contributed by atoms with E-state index in [4.69, 9.17) is 27.1 Å². The molecule has 0 fully saturated rings. The van der Waals surface area contributed by atoms with E-state index < -0.39 is 126 Å². The van der Waals surface area contributed by atoms with Crippen molar-refractivity contribution in [1.82, 2.24) is 47.4 Å². The zero-order valence-electron chi connectivity index (χ0n) is 57.0. The molecular formula is C66H90N16O18S3. The van der Waals surface area contributed by atoms with Gasteiger partial charge in [-0.05, 0) is 143 Å². The third kappa shape index (κ3) is 28.2. The van der Waals surface area contributed by atoms with Crippen LogP contribution in [0.2, 0.25) is 0 Å². The van der Waals surface area contributed by atoms with Crippen molar-refractivity contribution in [2.45, 2.75) is 150 Å². The molecular weight excluding hydrogens is 1400 g/mol. The molecule has 6 atom stereocenters. The van der Waals surface area contributed by atoms with Gasteiger partial charge in [-0.3, -0.25) is 57.9 Å². The van der Waals surface area contributed by atoms with Crippen LogP contribution in [-0.2, 0) is 57.5 Å². The number of rotatable bonds is 47. The fourth-order valence-corrected chi connectivity index (χ4v) is 12.3. The average molecular weight is 1490 g/mol. The number of thioether (sulfide) groups is 1. The molecule has 1 aliphatic rings. The number of nitrogens with zero attached hydrogens (tertiary/aromatic N) is 3. The van der Waals surface area contributed by atoms with Gasteiger partial charge in [0.15, 0.2) is 4.34 Å². The van der Waals surface area contributed by atoms with Gasteiger partial charge >= 0.3 is 23.9 Å². The number of benzene rings is 3. The molecule has 1 aliphatic heterocycles. The largest absolute Gasteiger partial charge is 0.481 e. The van der Waals surface area contributed by atoms with Gasteiger partial charge in [-0.25, -0.2) is 9.59 Å². The molecule has 0 unspecified atom stereocenters. The number of aromatic carboxylic acids is 1.